The molecule has 24 heavy (non-hydrogen) atoms. The Labute approximate surface area is 139 Å². The predicted molar refractivity (Wildman–Crippen MR) is 88.3 cm³/mol. The molecule has 7 nitrogen and oxygen atoms in total. The first-order chi connectivity index (χ1) is 11.7. The van der Waals surface area contributed by atoms with E-state index in [4.69, 9.17) is 4.74 Å². The van der Waals surface area contributed by atoms with Crippen LogP contribution >= 0.6 is 0 Å². The second kappa shape index (κ2) is 6.09. The third kappa shape index (κ3) is 2.67. The molecule has 2 atom stereocenters. The van der Waals surface area contributed by atoms with Crippen molar-refractivity contribution in [2.24, 2.45) is 0 Å². The number of methoxy groups -OCH3 is 1. The van der Waals surface area contributed by atoms with Crippen LogP contribution in [0.3, 0.4) is 0 Å². The minimum absolute atomic E-state index is 0.0420. The molecule has 0 saturated carbocycles. The van der Waals surface area contributed by atoms with Gasteiger partial charge in [0.15, 0.2) is 0 Å². The van der Waals surface area contributed by atoms with Gasteiger partial charge in [-0.1, -0.05) is 6.07 Å². The molecule has 1 aromatic carbocycles. The molecular weight excluding hydrogens is 306 g/mol. The smallest absolute Gasteiger partial charge is 0.227 e. The first-order valence-corrected chi connectivity index (χ1v) is 7.98. The lowest BCUT2D eigenvalue weighted by molar-refractivity contribution is -0.131. The highest BCUT2D eigenvalue weighted by Gasteiger charge is 2.37. The van der Waals surface area contributed by atoms with Gasteiger partial charge in [-0.05, 0) is 17.7 Å². The molecule has 124 valence electrons. The number of carbonyl (C=O) groups excluding carboxylic acids is 1. The summed E-state index contributed by atoms with van der Waals surface area (Å²) in [5.74, 6) is 0.895. The highest BCUT2D eigenvalue weighted by molar-refractivity contribution is 5.83. The maximum Gasteiger partial charge on any atom is 0.227 e. The Kier molecular flexibility index (Phi) is 3.78. The number of rotatable bonds is 4. The van der Waals surface area contributed by atoms with Gasteiger partial charge in [0.05, 0.1) is 30.3 Å². The Morgan fingerprint density at radius 2 is 2.38 bits per heavy atom. The van der Waals surface area contributed by atoms with Crippen LogP contribution in [-0.4, -0.2) is 50.7 Å². The van der Waals surface area contributed by atoms with Gasteiger partial charge < -0.3 is 14.6 Å². The van der Waals surface area contributed by atoms with Gasteiger partial charge in [0.1, 0.15) is 5.82 Å². The topological polar surface area (TPSA) is 86.9 Å². The quantitative estimate of drug-likeness (QED) is 0.766. The van der Waals surface area contributed by atoms with Crippen LogP contribution in [0.5, 0.6) is 0 Å². The van der Waals surface area contributed by atoms with Gasteiger partial charge >= 0.3 is 0 Å². The number of likely N-dealkylation sites (tertiary alicyclic amines) is 1. The maximum absolute atomic E-state index is 12.9. The number of aromatic amines is 2. The summed E-state index contributed by atoms with van der Waals surface area (Å²) in [5, 5.41) is 7.95. The summed E-state index contributed by atoms with van der Waals surface area (Å²) >= 11 is 0. The van der Waals surface area contributed by atoms with Crippen molar-refractivity contribution in [3.05, 3.63) is 48.2 Å². The zero-order valence-electron chi connectivity index (χ0n) is 13.4. The highest BCUT2D eigenvalue weighted by Crippen LogP contribution is 2.32. The van der Waals surface area contributed by atoms with Crippen molar-refractivity contribution in [2.45, 2.75) is 25.0 Å². The standard InChI is InChI=1S/C17H19N5O2/c1-24-13-8-15(17-18-4-5-19-17)22(10-13)16(23)7-11-2-3-14-12(6-11)9-20-21-14/h2-6,9,13,15H,7-8,10H2,1H3,(H,18,19)(H,20,21)/t13-,15?/m1/s1. The third-order valence-corrected chi connectivity index (χ3v) is 4.61. The normalized spacial score (nSPS) is 20.8. The number of hydrogen-bond acceptors (Lipinski definition) is 4. The van der Waals surface area contributed by atoms with Crippen LogP contribution in [0.15, 0.2) is 36.8 Å². The fraction of sp³-hybridized carbons (Fsp3) is 0.353. The fourth-order valence-corrected chi connectivity index (χ4v) is 3.34. The van der Waals surface area contributed by atoms with E-state index in [-0.39, 0.29) is 18.1 Å². The van der Waals surface area contributed by atoms with Gasteiger partial charge in [-0.25, -0.2) is 4.98 Å². The SMILES string of the molecule is CO[C@@H]1CC(c2ncc[nH]2)N(C(=O)Cc2ccc3[nH]ncc3c2)C1. The van der Waals surface area contributed by atoms with Crippen molar-refractivity contribution in [1.82, 2.24) is 25.1 Å². The Balaban J connectivity index is 1.55. The summed E-state index contributed by atoms with van der Waals surface area (Å²) in [5.41, 5.74) is 1.95. The molecule has 1 aliphatic heterocycles. The number of fused-ring (bicyclic) bond motifs is 1. The van der Waals surface area contributed by atoms with Gasteiger partial charge in [-0.15, -0.1) is 0 Å². The lowest BCUT2D eigenvalue weighted by atomic mass is 10.1. The largest absolute Gasteiger partial charge is 0.380 e. The first kappa shape index (κ1) is 14.9. The maximum atomic E-state index is 12.9. The number of amides is 1. The minimum atomic E-state index is -0.0601. The zero-order chi connectivity index (χ0) is 16.5. The Hall–Kier alpha value is -2.67. The van der Waals surface area contributed by atoms with Crippen molar-refractivity contribution in [3.63, 3.8) is 0 Å². The number of H-pyrrole nitrogens is 2. The molecule has 1 saturated heterocycles. The second-order valence-electron chi connectivity index (χ2n) is 6.10. The Bertz CT molecular complexity index is 842. The van der Waals surface area contributed by atoms with Crippen molar-refractivity contribution >= 4 is 16.8 Å². The van der Waals surface area contributed by atoms with Crippen LogP contribution < -0.4 is 0 Å². The molecule has 3 heterocycles. The van der Waals surface area contributed by atoms with Gasteiger partial charge in [0.2, 0.25) is 5.91 Å². The molecule has 3 aromatic rings. The average Bonchev–Trinajstić information content (AvgIpc) is 3.33. The lowest BCUT2D eigenvalue weighted by Crippen LogP contribution is -2.33. The lowest BCUT2D eigenvalue weighted by Gasteiger charge is -2.23. The molecule has 7 heteroatoms. The van der Waals surface area contributed by atoms with Crippen LogP contribution in [0.4, 0.5) is 0 Å². The summed E-state index contributed by atoms with van der Waals surface area (Å²) in [6, 6.07) is 5.86. The molecule has 2 aromatic heterocycles. The summed E-state index contributed by atoms with van der Waals surface area (Å²) in [4.78, 5) is 22.2. The van der Waals surface area contributed by atoms with Crippen LogP contribution in [-0.2, 0) is 16.0 Å². The molecule has 0 aliphatic carbocycles. The number of nitrogens with zero attached hydrogens (tertiary/aromatic N) is 3. The number of nitrogens with one attached hydrogen (secondary N) is 2. The molecule has 1 aliphatic rings. The monoisotopic (exact) mass is 325 g/mol. The molecule has 0 bridgehead atoms. The van der Waals surface area contributed by atoms with Crippen LogP contribution in [0.25, 0.3) is 10.9 Å². The van der Waals surface area contributed by atoms with E-state index in [0.29, 0.717) is 13.0 Å². The zero-order valence-corrected chi connectivity index (χ0v) is 13.4. The Morgan fingerprint density at radius 3 is 3.17 bits per heavy atom. The van der Waals surface area contributed by atoms with Crippen molar-refractivity contribution in [2.75, 3.05) is 13.7 Å². The van der Waals surface area contributed by atoms with Gasteiger partial charge in [0.25, 0.3) is 0 Å². The van der Waals surface area contributed by atoms with E-state index in [0.717, 1.165) is 28.7 Å². The van der Waals surface area contributed by atoms with Gasteiger partial charge in [0, 0.05) is 37.9 Å². The first-order valence-electron chi connectivity index (χ1n) is 7.98. The van der Waals surface area contributed by atoms with Crippen molar-refractivity contribution in [3.8, 4) is 0 Å². The predicted octanol–water partition coefficient (Wildman–Crippen LogP) is 1.82. The summed E-state index contributed by atoms with van der Waals surface area (Å²) in [6.45, 7) is 0.592. The number of benzene rings is 1. The minimum Gasteiger partial charge on any atom is -0.380 e. The molecule has 0 spiro atoms. The van der Waals surface area contributed by atoms with E-state index in [1.165, 1.54) is 0 Å². The highest BCUT2D eigenvalue weighted by atomic mass is 16.5. The number of ether oxygens (including phenoxy) is 1. The molecule has 1 fully saturated rings. The number of carbonyl (C=O) groups is 1. The molecular formula is C17H19N5O2. The molecule has 2 N–H and O–H groups in total. The van der Waals surface area contributed by atoms with Gasteiger partial charge in [-0.3, -0.25) is 9.89 Å². The fourth-order valence-electron chi connectivity index (χ4n) is 3.34. The Morgan fingerprint density at radius 1 is 1.46 bits per heavy atom. The van der Waals surface area contributed by atoms with E-state index >= 15 is 0 Å². The second-order valence-corrected chi connectivity index (χ2v) is 6.10. The van der Waals surface area contributed by atoms with Gasteiger partial charge in [-0.2, -0.15) is 5.10 Å². The van der Waals surface area contributed by atoms with Crippen molar-refractivity contribution < 1.29 is 9.53 Å². The number of hydrogen-bond donors (Lipinski definition) is 2. The van der Waals surface area contributed by atoms with E-state index in [1.54, 1.807) is 25.7 Å². The average molecular weight is 325 g/mol. The summed E-state index contributed by atoms with van der Waals surface area (Å²) < 4.78 is 5.47. The molecule has 0 radical (unpaired) electrons. The van der Waals surface area contributed by atoms with Crippen molar-refractivity contribution in [1.29, 1.82) is 0 Å². The number of imidazole rings is 1. The summed E-state index contributed by atoms with van der Waals surface area (Å²) in [6.07, 6.45) is 6.42. The molecule has 1 unspecified atom stereocenters. The summed E-state index contributed by atoms with van der Waals surface area (Å²) in [7, 11) is 1.69. The molecule has 1 amide bonds. The van der Waals surface area contributed by atoms with Crippen LogP contribution in [0, 0.1) is 0 Å². The third-order valence-electron chi connectivity index (χ3n) is 4.61. The van der Waals surface area contributed by atoms with E-state index in [9.17, 15) is 4.79 Å². The van der Waals surface area contributed by atoms with Crippen LogP contribution in [0.1, 0.15) is 23.9 Å². The van der Waals surface area contributed by atoms with E-state index in [2.05, 4.69) is 20.2 Å². The molecule has 4 rings (SSSR count). The number of aromatic nitrogens is 4. The van der Waals surface area contributed by atoms with E-state index in [1.807, 2.05) is 23.1 Å². The van der Waals surface area contributed by atoms with Crippen LogP contribution in [0.2, 0.25) is 0 Å². The van der Waals surface area contributed by atoms with E-state index < -0.39 is 0 Å².